The predicted molar refractivity (Wildman–Crippen MR) is 111 cm³/mol. The molecule has 27 heavy (non-hydrogen) atoms. The Morgan fingerprint density at radius 3 is 2.41 bits per heavy atom. The van der Waals surface area contributed by atoms with Crippen LogP contribution in [-0.4, -0.2) is 19.1 Å². The largest absolute Gasteiger partial charge is 0.494 e. The Morgan fingerprint density at radius 1 is 0.963 bits per heavy atom. The van der Waals surface area contributed by atoms with E-state index in [-0.39, 0.29) is 5.91 Å². The smallest absolute Gasteiger partial charge is 0.259 e. The van der Waals surface area contributed by atoms with Crippen molar-refractivity contribution >= 4 is 11.6 Å². The second kappa shape index (κ2) is 11.3. The molecule has 0 aromatic heterocycles. The summed E-state index contributed by atoms with van der Waals surface area (Å²) in [4.78, 5) is 12.6. The Hall–Kier alpha value is -2.49. The molecule has 0 saturated carbocycles. The summed E-state index contributed by atoms with van der Waals surface area (Å²) in [6, 6.07) is 14.8. The maximum atomic E-state index is 12.6. The Morgan fingerprint density at radius 2 is 1.70 bits per heavy atom. The van der Waals surface area contributed by atoms with Gasteiger partial charge in [-0.3, -0.25) is 4.79 Å². The molecule has 146 valence electrons. The SMILES string of the molecule is CCCCCOc1ccccc1C(=O)Nc1ccc(OCCC(C)C)cc1. The lowest BCUT2D eigenvalue weighted by Crippen LogP contribution is -2.14. The number of anilines is 1. The van der Waals surface area contributed by atoms with Gasteiger partial charge in [0.05, 0.1) is 18.8 Å². The van der Waals surface area contributed by atoms with E-state index in [1.54, 1.807) is 6.07 Å². The van der Waals surface area contributed by atoms with Gasteiger partial charge in [-0.05, 0) is 55.2 Å². The van der Waals surface area contributed by atoms with Crippen LogP contribution in [0.2, 0.25) is 0 Å². The van der Waals surface area contributed by atoms with E-state index in [4.69, 9.17) is 9.47 Å². The Bertz CT molecular complexity index is 695. The summed E-state index contributed by atoms with van der Waals surface area (Å²) in [7, 11) is 0. The Balaban J connectivity index is 1.92. The van der Waals surface area contributed by atoms with Gasteiger partial charge in [0.25, 0.3) is 5.91 Å². The number of hydrogen-bond donors (Lipinski definition) is 1. The van der Waals surface area contributed by atoms with Crippen molar-refractivity contribution in [1.82, 2.24) is 0 Å². The van der Waals surface area contributed by atoms with Gasteiger partial charge >= 0.3 is 0 Å². The molecule has 0 bridgehead atoms. The van der Waals surface area contributed by atoms with Crippen LogP contribution < -0.4 is 14.8 Å². The van der Waals surface area contributed by atoms with Crippen LogP contribution in [0, 0.1) is 5.92 Å². The first-order valence-electron chi connectivity index (χ1n) is 9.86. The highest BCUT2D eigenvalue weighted by Crippen LogP contribution is 2.21. The van der Waals surface area contributed by atoms with E-state index in [0.717, 1.165) is 37.1 Å². The van der Waals surface area contributed by atoms with Crippen molar-refractivity contribution in [3.8, 4) is 11.5 Å². The quantitative estimate of drug-likeness (QED) is 0.499. The van der Waals surface area contributed by atoms with Gasteiger partial charge in [0.1, 0.15) is 11.5 Å². The van der Waals surface area contributed by atoms with Gasteiger partial charge in [-0.1, -0.05) is 45.7 Å². The molecular weight excluding hydrogens is 338 g/mol. The zero-order valence-corrected chi connectivity index (χ0v) is 16.7. The van der Waals surface area contributed by atoms with E-state index in [9.17, 15) is 4.79 Å². The zero-order valence-electron chi connectivity index (χ0n) is 16.7. The van der Waals surface area contributed by atoms with E-state index in [1.807, 2.05) is 42.5 Å². The molecule has 2 aromatic carbocycles. The van der Waals surface area contributed by atoms with Crippen LogP contribution in [0.15, 0.2) is 48.5 Å². The minimum absolute atomic E-state index is 0.172. The maximum absolute atomic E-state index is 12.6. The third kappa shape index (κ3) is 7.33. The van der Waals surface area contributed by atoms with E-state index in [0.29, 0.717) is 30.4 Å². The summed E-state index contributed by atoms with van der Waals surface area (Å²) in [5.74, 6) is 1.88. The average molecular weight is 370 g/mol. The van der Waals surface area contributed by atoms with E-state index >= 15 is 0 Å². The normalized spacial score (nSPS) is 10.7. The van der Waals surface area contributed by atoms with Crippen molar-refractivity contribution in [2.75, 3.05) is 18.5 Å². The van der Waals surface area contributed by atoms with Gasteiger partial charge in [0, 0.05) is 5.69 Å². The lowest BCUT2D eigenvalue weighted by Gasteiger charge is -2.12. The lowest BCUT2D eigenvalue weighted by molar-refractivity contribution is 0.102. The number of rotatable bonds is 11. The third-order valence-electron chi connectivity index (χ3n) is 4.21. The molecule has 4 nitrogen and oxygen atoms in total. The van der Waals surface area contributed by atoms with Crippen LogP contribution in [0.25, 0.3) is 0 Å². The number of benzene rings is 2. The van der Waals surface area contributed by atoms with Crippen LogP contribution in [0.3, 0.4) is 0 Å². The second-order valence-corrected chi connectivity index (χ2v) is 7.06. The molecular formula is C23H31NO3. The summed E-state index contributed by atoms with van der Waals surface area (Å²) >= 11 is 0. The molecule has 0 radical (unpaired) electrons. The number of carbonyl (C=O) groups is 1. The molecule has 0 aliphatic heterocycles. The van der Waals surface area contributed by atoms with Gasteiger partial charge in [-0.2, -0.15) is 0 Å². The summed E-state index contributed by atoms with van der Waals surface area (Å²) in [6.07, 6.45) is 4.28. The maximum Gasteiger partial charge on any atom is 0.259 e. The Labute approximate surface area is 162 Å². The molecule has 1 N–H and O–H groups in total. The summed E-state index contributed by atoms with van der Waals surface area (Å²) in [5, 5.41) is 2.93. The molecule has 0 unspecified atom stereocenters. The molecule has 0 saturated heterocycles. The predicted octanol–water partition coefficient (Wildman–Crippen LogP) is 5.93. The molecule has 2 rings (SSSR count). The van der Waals surface area contributed by atoms with E-state index in [1.165, 1.54) is 0 Å². The van der Waals surface area contributed by atoms with Crippen LogP contribution in [0.1, 0.15) is 56.8 Å². The monoisotopic (exact) mass is 369 g/mol. The molecule has 2 aromatic rings. The average Bonchev–Trinajstić information content (AvgIpc) is 2.66. The highest BCUT2D eigenvalue weighted by atomic mass is 16.5. The lowest BCUT2D eigenvalue weighted by atomic mass is 10.1. The first kappa shape index (κ1) is 20.8. The fraction of sp³-hybridized carbons (Fsp3) is 0.435. The number of ether oxygens (including phenoxy) is 2. The number of nitrogens with one attached hydrogen (secondary N) is 1. The van der Waals surface area contributed by atoms with Crippen molar-refractivity contribution < 1.29 is 14.3 Å². The zero-order chi connectivity index (χ0) is 19.5. The molecule has 4 heteroatoms. The molecule has 0 aliphatic rings. The number of hydrogen-bond acceptors (Lipinski definition) is 3. The van der Waals surface area contributed by atoms with Crippen LogP contribution in [-0.2, 0) is 0 Å². The first-order valence-corrected chi connectivity index (χ1v) is 9.86. The van der Waals surface area contributed by atoms with Crippen molar-refractivity contribution in [3.05, 3.63) is 54.1 Å². The van der Waals surface area contributed by atoms with Crippen molar-refractivity contribution in [3.63, 3.8) is 0 Å². The second-order valence-electron chi connectivity index (χ2n) is 7.06. The van der Waals surface area contributed by atoms with E-state index < -0.39 is 0 Å². The van der Waals surface area contributed by atoms with Crippen LogP contribution in [0.4, 0.5) is 5.69 Å². The standard InChI is InChI=1S/C23H31NO3/c1-4-5-8-16-27-22-10-7-6-9-21(22)23(25)24-19-11-13-20(14-12-19)26-17-15-18(2)3/h6-7,9-14,18H,4-5,8,15-17H2,1-3H3,(H,24,25). The Kier molecular flexibility index (Phi) is 8.69. The third-order valence-corrected chi connectivity index (χ3v) is 4.21. The number of carbonyl (C=O) groups excluding carboxylic acids is 1. The van der Waals surface area contributed by atoms with Gasteiger partial charge in [0.2, 0.25) is 0 Å². The summed E-state index contributed by atoms with van der Waals surface area (Å²) in [5.41, 5.74) is 1.28. The highest BCUT2D eigenvalue weighted by molar-refractivity contribution is 6.06. The molecule has 0 spiro atoms. The van der Waals surface area contributed by atoms with Gasteiger partial charge in [-0.15, -0.1) is 0 Å². The molecule has 1 amide bonds. The van der Waals surface area contributed by atoms with Crippen molar-refractivity contribution in [1.29, 1.82) is 0 Å². The molecule has 0 fully saturated rings. The minimum atomic E-state index is -0.172. The fourth-order valence-corrected chi connectivity index (χ4v) is 2.56. The van der Waals surface area contributed by atoms with Crippen LogP contribution >= 0.6 is 0 Å². The fourth-order valence-electron chi connectivity index (χ4n) is 2.56. The van der Waals surface area contributed by atoms with Crippen LogP contribution in [0.5, 0.6) is 11.5 Å². The number of unbranched alkanes of at least 4 members (excludes halogenated alkanes) is 2. The molecule has 0 heterocycles. The van der Waals surface area contributed by atoms with Gasteiger partial charge < -0.3 is 14.8 Å². The topological polar surface area (TPSA) is 47.6 Å². The molecule has 0 aliphatic carbocycles. The van der Waals surface area contributed by atoms with Gasteiger partial charge in [-0.25, -0.2) is 0 Å². The van der Waals surface area contributed by atoms with Crippen molar-refractivity contribution in [2.24, 2.45) is 5.92 Å². The molecule has 0 atom stereocenters. The van der Waals surface area contributed by atoms with Crippen molar-refractivity contribution in [2.45, 2.75) is 46.5 Å². The van der Waals surface area contributed by atoms with Gasteiger partial charge in [0.15, 0.2) is 0 Å². The minimum Gasteiger partial charge on any atom is -0.494 e. The number of amides is 1. The first-order chi connectivity index (χ1) is 13.1. The van der Waals surface area contributed by atoms with E-state index in [2.05, 4.69) is 26.1 Å². The summed E-state index contributed by atoms with van der Waals surface area (Å²) < 4.78 is 11.5. The summed E-state index contributed by atoms with van der Waals surface area (Å²) in [6.45, 7) is 7.83. The highest BCUT2D eigenvalue weighted by Gasteiger charge is 2.12. The number of para-hydroxylation sites is 1.